The number of benzene rings is 7. The van der Waals surface area contributed by atoms with Crippen LogP contribution in [0.25, 0.3) is 83.2 Å². The van der Waals surface area contributed by atoms with Crippen LogP contribution < -0.4 is 51.4 Å². The van der Waals surface area contributed by atoms with E-state index in [1.807, 2.05) is 6.66 Å². The number of alkyl halides is 4. The SMILES string of the molecule is C#N.C=Cc1cc(F)cc2[nH]c(C(=O)OCC)cc12.C=Cc1cc(F)cc2[nH]c(C(=O)OCC)cc12.CCOC(=O)/C(=C/c1ccc(F)cc1Br)N=[N+]=[N-].CCOC(=O)c1cc2c(Br)cc(F)cc2[nH]1.CCOC(=O)c1cc2c(C(F)F)cc(F)cc2[nH]1.CP.O=C(O)c1cc2c(C(F)F)cc(F)cc2[nH]1.O=Cc1ccc(F)cc1Br.[C-]#[O+].[CH3-].[K+]. The van der Waals surface area contributed by atoms with Crippen LogP contribution >= 0.6 is 57.0 Å². The van der Waals surface area contributed by atoms with Crippen molar-refractivity contribution in [2.75, 3.05) is 39.7 Å². The molecule has 0 fully saturated rings. The molecule has 0 spiro atoms. The Bertz CT molecular complexity index is 5580. The van der Waals surface area contributed by atoms with Crippen LogP contribution in [0.2, 0.25) is 0 Å². The maximum atomic E-state index is 13.3. The zero-order valence-electron chi connectivity index (χ0n) is 64.5. The molecule has 628 valence electrons. The molecule has 0 bridgehead atoms. The molecule has 7 aromatic carbocycles. The van der Waals surface area contributed by atoms with Gasteiger partial charge in [-0.05, 0) is 216 Å². The van der Waals surface area contributed by atoms with Gasteiger partial charge in [-0.25, -0.2) is 82.3 Å². The van der Waals surface area contributed by atoms with Crippen LogP contribution in [0.3, 0.4) is 0 Å². The van der Waals surface area contributed by atoms with E-state index in [0.29, 0.717) is 101 Å². The zero-order chi connectivity index (χ0) is 88.8. The molecular formula is C81H71Br3F11KN9O14P. The van der Waals surface area contributed by atoms with Gasteiger partial charge in [0.2, 0.25) is 0 Å². The van der Waals surface area contributed by atoms with E-state index in [-0.39, 0.29) is 134 Å². The predicted octanol–water partition coefficient (Wildman–Crippen LogP) is 20.1. The monoisotopic (exact) mass is 1910 g/mol. The van der Waals surface area contributed by atoms with Crippen molar-refractivity contribution in [1.82, 2.24) is 24.9 Å². The van der Waals surface area contributed by atoms with Gasteiger partial charge in [-0.1, -0.05) is 59.1 Å². The van der Waals surface area contributed by atoms with Crippen LogP contribution in [-0.2, 0) is 33.1 Å². The molecule has 0 radical (unpaired) electrons. The summed E-state index contributed by atoms with van der Waals surface area (Å²) in [6.45, 7) is 26.9. The Labute approximate surface area is 747 Å². The number of aromatic amines is 5. The molecule has 39 heteroatoms. The smallest absolute Gasteiger partial charge is 0.358 e. The largest absolute Gasteiger partial charge is 1.00 e. The summed E-state index contributed by atoms with van der Waals surface area (Å²) < 4.78 is 175. The number of carbonyl (C=O) groups excluding carboxylic acids is 6. The number of nitrogens with zero attached hydrogens (tertiary/aromatic N) is 4. The van der Waals surface area contributed by atoms with Crippen LogP contribution in [0.1, 0.15) is 138 Å². The number of aromatic nitrogens is 5. The van der Waals surface area contributed by atoms with Crippen molar-refractivity contribution in [1.29, 1.82) is 5.26 Å². The van der Waals surface area contributed by atoms with Crippen LogP contribution in [0, 0.1) is 66.6 Å². The topological polar surface area (TPSA) is 357 Å². The van der Waals surface area contributed by atoms with Crippen LogP contribution in [0.5, 0.6) is 0 Å². The number of azide groups is 1. The standard InChI is InChI=1S/2C13H12FNO2.C12H10F3NO2.C11H9BrFN3O2.C11H9BrFNO2.C10H6F3NO2.C7H4BrFO.CHN.CO.CH5P.CH3.K/c2*1-3-8-5-9(14)6-11-10(8)7-12(15-11)13(16)17-4-2;1-2-18-12(17)10-5-7-8(11(14)15)3-6(13)4-9(7)16-10;1-2-18-11(17)10(15-16-14)5-7-3-4-8(13)6-9(7)12;1-2-16-11(15)10-5-7-8(12)3-6(13)4-9(7)14-10;11-4-1-6(9(12)13)5-3-8(10(15)16)14-7(5)2-4;8-7-3-6(9)2-1-5(7)4-10;3*1-2;;/h2*3,5-7,15H,1,4H2,2H3;3-5,11,16H,2H2,1H3;3-6H,2H2,1H3;3-5,14H,2H2,1H3;1-3,9,14H,(H,15,16);1-4H;1H;;2H2,1H3;1H3;/q;;;;;;;;;;-1;+1/b;;;10-5-;;;;;;;;. The van der Waals surface area contributed by atoms with E-state index in [1.165, 1.54) is 84.9 Å². The number of halogens is 14. The number of hydrogen-bond donors (Lipinski definition) is 6. The van der Waals surface area contributed by atoms with Gasteiger partial charge in [-0.2, -0.15) is 0 Å². The number of aldehydes is 1. The van der Waals surface area contributed by atoms with E-state index in [0.717, 1.165) is 40.4 Å². The van der Waals surface area contributed by atoms with E-state index in [2.05, 4.69) is 118 Å². The number of rotatable bonds is 18. The molecule has 0 aliphatic rings. The number of nitriles is 1. The van der Waals surface area contributed by atoms with Crippen molar-refractivity contribution >= 4 is 172 Å². The first-order valence-electron chi connectivity index (χ1n) is 33.6. The third-order valence-electron chi connectivity index (χ3n) is 14.7. The second kappa shape index (κ2) is 54.4. The molecule has 0 aliphatic heterocycles. The van der Waals surface area contributed by atoms with Crippen molar-refractivity contribution in [3.63, 3.8) is 0 Å². The Balaban J connectivity index is 0.000000693. The number of hydrogen-bond acceptors (Lipinski definition) is 14. The van der Waals surface area contributed by atoms with Gasteiger partial charge >= 0.3 is 98.5 Å². The van der Waals surface area contributed by atoms with Crippen molar-refractivity contribution < 1.29 is 167 Å². The summed E-state index contributed by atoms with van der Waals surface area (Å²) >= 11 is 9.42. The quantitative estimate of drug-likeness (QED) is 0.00378. The number of carboxylic acids is 1. The second-order valence-electron chi connectivity index (χ2n) is 22.2. The molecule has 120 heavy (non-hydrogen) atoms. The number of H-pyrrole nitrogens is 5. The summed E-state index contributed by atoms with van der Waals surface area (Å²) in [5.74, 6) is -7.48. The second-order valence-corrected chi connectivity index (χ2v) is 24.7. The number of esters is 5. The summed E-state index contributed by atoms with van der Waals surface area (Å²) in [4.78, 5) is 94.2. The molecule has 5 aromatic heterocycles. The Kier molecular flexibility index (Phi) is 48.6. The Morgan fingerprint density at radius 2 is 0.775 bits per heavy atom. The third-order valence-corrected chi connectivity index (χ3v) is 16.7. The van der Waals surface area contributed by atoms with Crippen LogP contribution in [-0.4, -0.2) is 112 Å². The number of fused-ring (bicyclic) bond motifs is 5. The molecular weight excluding hydrogens is 1840 g/mol. The van der Waals surface area contributed by atoms with Gasteiger partial charge in [0.1, 0.15) is 74.9 Å². The molecule has 12 aromatic rings. The molecule has 0 aliphatic carbocycles. The molecule has 0 amide bonds. The van der Waals surface area contributed by atoms with Crippen molar-refractivity contribution in [2.24, 2.45) is 5.11 Å². The van der Waals surface area contributed by atoms with Gasteiger partial charge < -0.3 is 61.1 Å². The van der Waals surface area contributed by atoms with E-state index < -0.39 is 77.2 Å². The number of carbonyl (C=O) groups is 7. The van der Waals surface area contributed by atoms with Crippen molar-refractivity contribution in [3.05, 3.63) is 287 Å². The number of carboxylic acid groups (broad SMARTS) is 1. The minimum Gasteiger partial charge on any atom is -0.358 e. The molecule has 12 rings (SSSR count). The average Bonchev–Trinajstić information content (AvgIpc) is 1.59. The molecule has 0 saturated heterocycles. The first kappa shape index (κ1) is 107. The maximum Gasteiger partial charge on any atom is 1.00 e. The van der Waals surface area contributed by atoms with Gasteiger partial charge in [0, 0.05) is 90.6 Å². The first-order chi connectivity index (χ1) is 56.2. The molecule has 0 saturated carbocycles. The molecule has 1 unspecified atom stereocenters. The van der Waals surface area contributed by atoms with Crippen molar-refractivity contribution in [2.45, 2.75) is 47.5 Å². The first-order valence-corrected chi connectivity index (χ1v) is 37.1. The molecule has 23 nitrogen and oxygen atoms in total. The van der Waals surface area contributed by atoms with Gasteiger partial charge in [-0.3, -0.25) is 4.79 Å². The average molecular weight is 1910 g/mol. The molecule has 5 heterocycles. The van der Waals surface area contributed by atoms with E-state index >= 15 is 0 Å². The fourth-order valence-electron chi connectivity index (χ4n) is 9.91. The van der Waals surface area contributed by atoms with E-state index in [4.69, 9.17) is 44.2 Å². The number of ether oxygens (including phenoxy) is 5. The summed E-state index contributed by atoms with van der Waals surface area (Å²) in [7, 11) is 2.42. The van der Waals surface area contributed by atoms with Gasteiger partial charge in [0.05, 0.1) is 38.6 Å². The maximum absolute atomic E-state index is 13.3. The zero-order valence-corrected chi connectivity index (χ0v) is 73.6. The van der Waals surface area contributed by atoms with Crippen LogP contribution in [0.4, 0.5) is 48.3 Å². The van der Waals surface area contributed by atoms with E-state index in [9.17, 15) is 81.9 Å². The van der Waals surface area contributed by atoms with Gasteiger partial charge in [-0.15, -0.1) is 9.24 Å². The van der Waals surface area contributed by atoms with E-state index in [1.54, 1.807) is 65.0 Å². The normalized spacial score (nSPS) is 10.0. The predicted molar refractivity (Wildman–Crippen MR) is 440 cm³/mol. The fraction of sp³-hybridized carbons (Fsp3) is 0.160. The van der Waals surface area contributed by atoms with Crippen molar-refractivity contribution in [3.8, 4) is 6.57 Å². The minimum atomic E-state index is -2.85. The molecule has 6 N–H and O–H groups in total. The summed E-state index contributed by atoms with van der Waals surface area (Å²) in [5.41, 5.74) is 12.1. The summed E-state index contributed by atoms with van der Waals surface area (Å²) in [5, 5.41) is 20.8. The van der Waals surface area contributed by atoms with Gasteiger partial charge in [0.15, 0.2) is 6.29 Å². The Morgan fingerprint density at radius 3 is 1.09 bits per heavy atom. The number of nitrogens with one attached hydrogen (secondary N) is 5. The van der Waals surface area contributed by atoms with Gasteiger partial charge in [0.25, 0.3) is 12.9 Å². The summed E-state index contributed by atoms with van der Waals surface area (Å²) in [6, 6.07) is 26.7. The summed E-state index contributed by atoms with van der Waals surface area (Å²) in [6.07, 6.45) is -0.572. The number of aromatic carboxylic acids is 1. The molecule has 1 atom stereocenters. The Morgan fingerprint density at radius 1 is 0.483 bits per heavy atom. The third kappa shape index (κ3) is 31.7. The Hall–Kier alpha value is -10.8. The van der Waals surface area contributed by atoms with Crippen LogP contribution in [0.15, 0.2) is 165 Å². The fourth-order valence-corrected chi connectivity index (χ4v) is 11.4. The minimum absolute atomic E-state index is 0.